The van der Waals surface area contributed by atoms with Gasteiger partial charge in [-0.15, -0.1) is 0 Å². The zero-order valence-electron chi connectivity index (χ0n) is 30.4. The summed E-state index contributed by atoms with van der Waals surface area (Å²) in [6.45, 7) is 35.9. The summed E-state index contributed by atoms with van der Waals surface area (Å²) in [6.07, 6.45) is 0. The second-order valence-electron chi connectivity index (χ2n) is 16.3. The van der Waals surface area contributed by atoms with Crippen molar-refractivity contribution >= 4 is 95.9 Å². The van der Waals surface area contributed by atoms with Crippen LogP contribution >= 0.6 is 31.9 Å². The highest BCUT2D eigenvalue weighted by molar-refractivity contribution is 9.11. The van der Waals surface area contributed by atoms with Crippen LogP contribution in [0.2, 0.25) is 44.3 Å². The van der Waals surface area contributed by atoms with E-state index in [4.69, 9.17) is 0 Å². The molecule has 3 rings (SSSR count). The van der Waals surface area contributed by atoms with Gasteiger partial charge in [0.15, 0.2) is 0 Å². The Bertz CT molecular complexity index is 1230. The molecule has 0 aliphatic carbocycles. The highest BCUT2D eigenvalue weighted by Crippen LogP contribution is 2.43. The molecule has 0 unspecified atom stereocenters. The smallest absolute Gasteiger partial charge is 0.283 e. The van der Waals surface area contributed by atoms with Crippen molar-refractivity contribution in [2.45, 2.75) is 155 Å². The molecule has 0 fully saturated rings. The molecule has 0 saturated carbocycles. The Balaban J connectivity index is 2.76. The summed E-state index contributed by atoms with van der Waals surface area (Å²) in [5.74, 6) is 0. The van der Waals surface area contributed by atoms with E-state index in [0.717, 1.165) is 19.3 Å². The van der Waals surface area contributed by atoms with Crippen LogP contribution in [0.4, 0.5) is 8.22 Å². The summed E-state index contributed by atoms with van der Waals surface area (Å²) in [5.41, 5.74) is 1.50. The van der Waals surface area contributed by atoms with Crippen LogP contribution in [0.15, 0.2) is 33.2 Å². The SMILES string of the molecule is CC(C)[Si](F)(c1cc2c(cc1Br)[Si](C(C)C)(C(C)C)c1cc([Si](F)(C(C)C)C(C)C)c(Br)cc1[Si]2(C(C)C)C(C)C)C(C)C. The van der Waals surface area contributed by atoms with E-state index >= 15 is 8.22 Å². The minimum atomic E-state index is -3.34. The van der Waals surface area contributed by atoms with Crippen LogP contribution in [0.25, 0.3) is 0 Å². The predicted octanol–water partition coefficient (Wildman–Crippen LogP) is 10.2. The molecule has 8 heteroatoms. The molecule has 1 heterocycles. The number of hydrogen-bond acceptors (Lipinski definition) is 0. The largest absolute Gasteiger partial charge is 0.307 e. The molecule has 248 valence electrons. The van der Waals surface area contributed by atoms with E-state index in [2.05, 4.69) is 167 Å². The summed E-state index contributed by atoms with van der Waals surface area (Å²) in [4.78, 5) is 0. The molecule has 2 aromatic rings. The lowest BCUT2D eigenvalue weighted by molar-refractivity contribution is 0.698. The zero-order valence-corrected chi connectivity index (χ0v) is 37.6. The van der Waals surface area contributed by atoms with Gasteiger partial charge in [-0.1, -0.05) is 176 Å². The summed E-state index contributed by atoms with van der Waals surface area (Å²) >= 11 is 8.03. The van der Waals surface area contributed by atoms with E-state index in [1.54, 1.807) is 0 Å². The maximum atomic E-state index is 17.6. The second-order valence-corrected chi connectivity index (χ2v) is 37.0. The monoisotopic (exact) mass is 800 g/mol. The van der Waals surface area contributed by atoms with Gasteiger partial charge in [-0.3, -0.25) is 0 Å². The lowest BCUT2D eigenvalue weighted by atomic mass is 10.3. The fourth-order valence-corrected chi connectivity index (χ4v) is 34.1. The van der Waals surface area contributed by atoms with Gasteiger partial charge in [0.2, 0.25) is 0 Å². The van der Waals surface area contributed by atoms with E-state index < -0.39 is 33.0 Å². The van der Waals surface area contributed by atoms with E-state index in [-0.39, 0.29) is 22.2 Å². The molecular formula is C36H60Br2F2Si4. The molecule has 0 nitrogen and oxygen atoms in total. The number of rotatable bonds is 10. The number of benzene rings is 2. The first-order chi connectivity index (χ1) is 20.0. The molecule has 0 bridgehead atoms. The Morgan fingerprint density at radius 1 is 0.432 bits per heavy atom. The molecule has 0 aromatic heterocycles. The fraction of sp³-hybridized carbons (Fsp3) is 0.667. The van der Waals surface area contributed by atoms with E-state index in [0.29, 0.717) is 22.2 Å². The van der Waals surface area contributed by atoms with Gasteiger partial charge in [-0.2, -0.15) is 0 Å². The maximum absolute atomic E-state index is 17.6. The molecule has 0 N–H and O–H groups in total. The lowest BCUT2D eigenvalue weighted by Gasteiger charge is -2.55. The molecule has 0 radical (unpaired) electrons. The van der Waals surface area contributed by atoms with Crippen molar-refractivity contribution in [1.29, 1.82) is 0 Å². The van der Waals surface area contributed by atoms with Gasteiger partial charge in [0.05, 0.1) is 0 Å². The predicted molar refractivity (Wildman–Crippen MR) is 212 cm³/mol. The van der Waals surface area contributed by atoms with Gasteiger partial charge in [-0.25, -0.2) is 0 Å². The number of hydrogen-bond donors (Lipinski definition) is 0. The van der Waals surface area contributed by atoms with Crippen LogP contribution in [0.3, 0.4) is 0 Å². The molecule has 0 saturated heterocycles. The van der Waals surface area contributed by atoms with Gasteiger partial charge >= 0.3 is 0 Å². The molecule has 44 heavy (non-hydrogen) atoms. The first-order valence-electron chi connectivity index (χ1n) is 17.1. The molecule has 2 aromatic carbocycles. The molecule has 0 atom stereocenters. The van der Waals surface area contributed by atoms with Crippen molar-refractivity contribution in [3.8, 4) is 0 Å². The topological polar surface area (TPSA) is 0 Å². The third-order valence-electron chi connectivity index (χ3n) is 11.8. The van der Waals surface area contributed by atoms with Gasteiger partial charge in [0, 0.05) is 8.95 Å². The number of fused-ring (bicyclic) bond motifs is 2. The quantitative estimate of drug-likeness (QED) is 0.166. The molecule has 0 spiro atoms. The van der Waals surface area contributed by atoms with Crippen LogP contribution in [0.5, 0.6) is 0 Å². The molecule has 0 amide bonds. The van der Waals surface area contributed by atoms with Crippen molar-refractivity contribution in [2.24, 2.45) is 0 Å². The minimum Gasteiger partial charge on any atom is -0.307 e. The van der Waals surface area contributed by atoms with E-state index in [1.165, 1.54) is 20.7 Å². The van der Waals surface area contributed by atoms with Crippen molar-refractivity contribution in [3.05, 3.63) is 33.2 Å². The van der Waals surface area contributed by atoms with Crippen molar-refractivity contribution in [1.82, 2.24) is 0 Å². The first-order valence-corrected chi connectivity index (χ1v) is 27.1. The summed E-state index contributed by atoms with van der Waals surface area (Å²) in [7, 11) is -11.7. The maximum Gasteiger partial charge on any atom is 0.283 e. The summed E-state index contributed by atoms with van der Waals surface area (Å²) in [5, 5.41) is 7.85. The van der Waals surface area contributed by atoms with Crippen molar-refractivity contribution in [3.63, 3.8) is 0 Å². The van der Waals surface area contributed by atoms with Crippen LogP contribution < -0.4 is 31.1 Å². The van der Waals surface area contributed by atoms with Crippen LogP contribution in [0.1, 0.15) is 111 Å². The summed E-state index contributed by atoms with van der Waals surface area (Å²) in [6, 6.07) is 9.63. The average molecular weight is 803 g/mol. The van der Waals surface area contributed by atoms with Gasteiger partial charge in [0.25, 0.3) is 16.8 Å². The lowest BCUT2D eigenvalue weighted by Crippen LogP contribution is -2.85. The Hall–Kier alpha value is 0.128. The third-order valence-corrected chi connectivity index (χ3v) is 36.1. The summed E-state index contributed by atoms with van der Waals surface area (Å²) < 4.78 is 37.0. The Morgan fingerprint density at radius 3 is 0.818 bits per heavy atom. The Kier molecular flexibility index (Phi) is 11.6. The fourth-order valence-electron chi connectivity index (χ4n) is 9.79. The third kappa shape index (κ3) is 5.28. The van der Waals surface area contributed by atoms with Crippen LogP contribution in [-0.4, -0.2) is 33.0 Å². The van der Waals surface area contributed by atoms with Gasteiger partial charge in [-0.05, 0) is 66.8 Å². The van der Waals surface area contributed by atoms with Crippen LogP contribution in [-0.2, 0) is 0 Å². The van der Waals surface area contributed by atoms with Crippen LogP contribution in [0, 0.1) is 0 Å². The average Bonchev–Trinajstić information content (AvgIpc) is 2.88. The first kappa shape index (κ1) is 38.6. The minimum absolute atomic E-state index is 0.0227. The highest BCUT2D eigenvalue weighted by atomic mass is 79.9. The molecular weight excluding hydrogens is 743 g/mol. The highest BCUT2D eigenvalue weighted by Gasteiger charge is 2.60. The normalized spacial score (nSPS) is 16.8. The Labute approximate surface area is 290 Å². The van der Waals surface area contributed by atoms with Gasteiger partial charge in [0.1, 0.15) is 16.1 Å². The number of halogens is 4. The second kappa shape index (κ2) is 13.2. The van der Waals surface area contributed by atoms with Crippen molar-refractivity contribution in [2.75, 3.05) is 0 Å². The van der Waals surface area contributed by atoms with Gasteiger partial charge < -0.3 is 8.22 Å². The van der Waals surface area contributed by atoms with E-state index in [9.17, 15) is 0 Å². The molecule has 1 aliphatic heterocycles. The molecule has 1 aliphatic rings. The standard InChI is InChI=1S/C36H60Br2F2Si4/c1-21(2)41(22(3)4)33-17-29(37)32(44(40,27(13)14)28(15)16)20-36(33)42(23(5)6,24(7)8)34-18-30(38)31(19-35(34)41)43(39,25(9)10)26(11)12/h17-28H,1-16H3. The Morgan fingerprint density at radius 2 is 0.636 bits per heavy atom. The van der Waals surface area contributed by atoms with E-state index in [1.807, 2.05) is 0 Å². The van der Waals surface area contributed by atoms with Crippen molar-refractivity contribution < 1.29 is 8.22 Å². The zero-order chi connectivity index (χ0) is 34.1.